The van der Waals surface area contributed by atoms with Crippen LogP contribution in [0.5, 0.6) is 0 Å². The molecule has 0 spiro atoms. The van der Waals surface area contributed by atoms with Gasteiger partial charge in [0.1, 0.15) is 0 Å². The molecule has 0 heterocycles. The van der Waals surface area contributed by atoms with E-state index in [1.165, 1.54) is 16.7 Å². The van der Waals surface area contributed by atoms with Crippen molar-refractivity contribution < 1.29 is 0 Å². The summed E-state index contributed by atoms with van der Waals surface area (Å²) in [6.07, 6.45) is 0. The molecule has 0 aliphatic heterocycles. The van der Waals surface area contributed by atoms with Crippen molar-refractivity contribution in [3.8, 4) is 0 Å². The van der Waals surface area contributed by atoms with E-state index in [1.54, 1.807) is 0 Å². The molecule has 0 radical (unpaired) electrons. The van der Waals surface area contributed by atoms with Gasteiger partial charge >= 0.3 is 0 Å². The molecule has 2 nitrogen and oxygen atoms in total. The standard InChI is InChI=1S/C15H26N2/c1-10(2)13-7-6-11(3)14(8-13)15(17-5)12(4)9-16/h6-8,10,12,15,17H,9,16H2,1-5H3. The lowest BCUT2D eigenvalue weighted by atomic mass is 9.88. The van der Waals surface area contributed by atoms with Crippen LogP contribution in [0, 0.1) is 12.8 Å². The molecule has 0 aliphatic carbocycles. The van der Waals surface area contributed by atoms with Gasteiger partial charge in [0.2, 0.25) is 0 Å². The first-order valence-corrected chi connectivity index (χ1v) is 6.49. The molecule has 2 unspecified atom stereocenters. The van der Waals surface area contributed by atoms with Gasteiger partial charge in [0.05, 0.1) is 0 Å². The van der Waals surface area contributed by atoms with Gasteiger partial charge in [-0.25, -0.2) is 0 Å². The molecule has 1 rings (SSSR count). The lowest BCUT2D eigenvalue weighted by Gasteiger charge is -2.25. The molecule has 0 aliphatic rings. The predicted octanol–water partition coefficient (Wildman–Crippen LogP) is 2.97. The summed E-state index contributed by atoms with van der Waals surface area (Å²) < 4.78 is 0. The normalized spacial score (nSPS) is 15.0. The zero-order chi connectivity index (χ0) is 13.0. The zero-order valence-electron chi connectivity index (χ0n) is 11.7. The highest BCUT2D eigenvalue weighted by molar-refractivity contribution is 5.35. The highest BCUT2D eigenvalue weighted by Crippen LogP contribution is 2.27. The maximum atomic E-state index is 5.79. The minimum Gasteiger partial charge on any atom is -0.330 e. The van der Waals surface area contributed by atoms with E-state index >= 15 is 0 Å². The quantitative estimate of drug-likeness (QED) is 0.822. The Kier molecular flexibility index (Phi) is 5.16. The van der Waals surface area contributed by atoms with Gasteiger partial charge < -0.3 is 11.1 Å². The van der Waals surface area contributed by atoms with Crippen LogP contribution in [0.4, 0.5) is 0 Å². The smallest absolute Gasteiger partial charge is 0.0358 e. The number of hydrogen-bond donors (Lipinski definition) is 2. The van der Waals surface area contributed by atoms with Gasteiger partial charge in [-0.05, 0) is 49.0 Å². The number of benzene rings is 1. The van der Waals surface area contributed by atoms with Crippen LogP contribution in [-0.4, -0.2) is 13.6 Å². The third-order valence-electron chi connectivity index (χ3n) is 3.56. The number of hydrogen-bond acceptors (Lipinski definition) is 2. The van der Waals surface area contributed by atoms with Gasteiger partial charge in [0.25, 0.3) is 0 Å². The van der Waals surface area contributed by atoms with Gasteiger partial charge in [-0.1, -0.05) is 39.0 Å². The second-order valence-electron chi connectivity index (χ2n) is 5.25. The third-order valence-corrected chi connectivity index (χ3v) is 3.56. The van der Waals surface area contributed by atoms with Crippen LogP contribution in [0.1, 0.15) is 49.4 Å². The molecule has 2 heteroatoms. The lowest BCUT2D eigenvalue weighted by molar-refractivity contribution is 0.418. The summed E-state index contributed by atoms with van der Waals surface area (Å²) in [6, 6.07) is 7.12. The molecule has 0 bridgehead atoms. The largest absolute Gasteiger partial charge is 0.330 e. The predicted molar refractivity (Wildman–Crippen MR) is 75.3 cm³/mol. The van der Waals surface area contributed by atoms with Gasteiger partial charge in [0, 0.05) is 6.04 Å². The Morgan fingerprint density at radius 1 is 1.24 bits per heavy atom. The summed E-state index contributed by atoms with van der Waals surface area (Å²) in [7, 11) is 2.01. The number of rotatable bonds is 5. The molecule has 1 aromatic rings. The topological polar surface area (TPSA) is 38.0 Å². The second-order valence-corrected chi connectivity index (χ2v) is 5.25. The summed E-state index contributed by atoms with van der Waals surface area (Å²) >= 11 is 0. The van der Waals surface area contributed by atoms with Crippen LogP contribution in [0.15, 0.2) is 18.2 Å². The Bertz CT molecular complexity index is 358. The first-order valence-electron chi connectivity index (χ1n) is 6.49. The summed E-state index contributed by atoms with van der Waals surface area (Å²) in [5.41, 5.74) is 9.92. The number of nitrogens with one attached hydrogen (secondary N) is 1. The van der Waals surface area contributed by atoms with Crippen molar-refractivity contribution in [3.05, 3.63) is 34.9 Å². The first kappa shape index (κ1) is 14.2. The Labute approximate surface area is 106 Å². The molecule has 1 aromatic carbocycles. The van der Waals surface area contributed by atoms with Gasteiger partial charge in [-0.15, -0.1) is 0 Å². The Hall–Kier alpha value is -0.860. The molecule has 0 saturated heterocycles. The molecule has 2 atom stereocenters. The van der Waals surface area contributed by atoms with E-state index in [-0.39, 0.29) is 0 Å². The fourth-order valence-electron chi connectivity index (χ4n) is 2.24. The minimum atomic E-state index is 0.346. The molecule has 17 heavy (non-hydrogen) atoms. The maximum Gasteiger partial charge on any atom is 0.0358 e. The molecular formula is C15H26N2. The summed E-state index contributed by atoms with van der Waals surface area (Å²) in [5.74, 6) is 1.01. The SMILES string of the molecule is CNC(c1cc(C(C)C)ccc1C)C(C)CN. The summed E-state index contributed by atoms with van der Waals surface area (Å²) in [6.45, 7) is 9.54. The van der Waals surface area contributed by atoms with E-state index in [0.717, 1.165) is 0 Å². The Morgan fingerprint density at radius 2 is 1.88 bits per heavy atom. The van der Waals surface area contributed by atoms with Crippen LogP contribution < -0.4 is 11.1 Å². The summed E-state index contributed by atoms with van der Waals surface area (Å²) in [5, 5.41) is 3.40. The van der Waals surface area contributed by atoms with E-state index in [9.17, 15) is 0 Å². The van der Waals surface area contributed by atoms with E-state index in [1.807, 2.05) is 7.05 Å². The Morgan fingerprint density at radius 3 is 2.35 bits per heavy atom. The number of nitrogens with two attached hydrogens (primary N) is 1. The maximum absolute atomic E-state index is 5.79. The molecule has 0 saturated carbocycles. The molecule has 96 valence electrons. The average Bonchev–Trinajstić information content (AvgIpc) is 2.31. The van der Waals surface area contributed by atoms with Crippen molar-refractivity contribution in [3.63, 3.8) is 0 Å². The lowest BCUT2D eigenvalue weighted by Crippen LogP contribution is -2.29. The number of aryl methyl sites for hydroxylation is 1. The molecule has 0 amide bonds. The summed E-state index contributed by atoms with van der Waals surface area (Å²) in [4.78, 5) is 0. The van der Waals surface area contributed by atoms with Gasteiger partial charge in [-0.3, -0.25) is 0 Å². The van der Waals surface area contributed by atoms with Crippen molar-refractivity contribution in [1.29, 1.82) is 0 Å². The molecule has 3 N–H and O–H groups in total. The van der Waals surface area contributed by atoms with Crippen LogP contribution in [0.2, 0.25) is 0 Å². The van der Waals surface area contributed by atoms with Crippen molar-refractivity contribution in [2.45, 2.75) is 39.7 Å². The minimum absolute atomic E-state index is 0.346. The highest BCUT2D eigenvalue weighted by Gasteiger charge is 2.18. The fraction of sp³-hybridized carbons (Fsp3) is 0.600. The fourth-order valence-corrected chi connectivity index (χ4v) is 2.24. The first-order chi connectivity index (χ1) is 8.01. The third kappa shape index (κ3) is 3.30. The van der Waals surface area contributed by atoms with Crippen molar-refractivity contribution in [2.75, 3.05) is 13.6 Å². The van der Waals surface area contributed by atoms with Crippen LogP contribution >= 0.6 is 0 Å². The van der Waals surface area contributed by atoms with Gasteiger partial charge in [0.15, 0.2) is 0 Å². The molecular weight excluding hydrogens is 208 g/mol. The van der Waals surface area contributed by atoms with Gasteiger partial charge in [-0.2, -0.15) is 0 Å². The van der Waals surface area contributed by atoms with E-state index in [0.29, 0.717) is 24.4 Å². The monoisotopic (exact) mass is 234 g/mol. The van der Waals surface area contributed by atoms with Crippen molar-refractivity contribution in [2.24, 2.45) is 11.7 Å². The highest BCUT2D eigenvalue weighted by atomic mass is 14.9. The van der Waals surface area contributed by atoms with Crippen molar-refractivity contribution >= 4 is 0 Å². The molecule has 0 aromatic heterocycles. The van der Waals surface area contributed by atoms with Crippen LogP contribution in [-0.2, 0) is 0 Å². The van der Waals surface area contributed by atoms with E-state index in [4.69, 9.17) is 5.73 Å². The van der Waals surface area contributed by atoms with Crippen LogP contribution in [0.25, 0.3) is 0 Å². The van der Waals surface area contributed by atoms with E-state index in [2.05, 4.69) is 51.2 Å². The molecule has 0 fully saturated rings. The van der Waals surface area contributed by atoms with E-state index < -0.39 is 0 Å². The van der Waals surface area contributed by atoms with Crippen molar-refractivity contribution in [1.82, 2.24) is 5.32 Å². The average molecular weight is 234 g/mol. The Balaban J connectivity index is 3.13. The zero-order valence-corrected chi connectivity index (χ0v) is 11.7. The van der Waals surface area contributed by atoms with Crippen LogP contribution in [0.3, 0.4) is 0 Å². The second kappa shape index (κ2) is 6.18.